The van der Waals surface area contributed by atoms with Gasteiger partial charge in [0.05, 0.1) is 11.9 Å². The maximum atomic E-state index is 12.4. The van der Waals surface area contributed by atoms with Crippen LogP contribution in [-0.2, 0) is 0 Å². The van der Waals surface area contributed by atoms with Crippen molar-refractivity contribution in [2.75, 3.05) is 10.6 Å². The molecule has 3 aromatic rings. The SMILES string of the molecule is Cc1ccc(Nc2ccc(NC(=O)c3ccc(C)c(C)c3)cn2)cc1C. The molecule has 2 N–H and O–H groups in total. The number of hydrogen-bond donors (Lipinski definition) is 2. The van der Waals surface area contributed by atoms with Crippen molar-refractivity contribution in [1.82, 2.24) is 4.98 Å². The number of pyridine rings is 1. The molecule has 3 rings (SSSR count). The highest BCUT2D eigenvalue weighted by Gasteiger charge is 2.08. The number of carbonyl (C=O) groups is 1. The summed E-state index contributed by atoms with van der Waals surface area (Å²) >= 11 is 0. The van der Waals surface area contributed by atoms with Crippen LogP contribution in [0.2, 0.25) is 0 Å². The molecular weight excluding hydrogens is 322 g/mol. The van der Waals surface area contributed by atoms with Crippen LogP contribution in [0.5, 0.6) is 0 Å². The lowest BCUT2D eigenvalue weighted by molar-refractivity contribution is 0.102. The molecule has 0 aliphatic rings. The van der Waals surface area contributed by atoms with E-state index in [0.717, 1.165) is 17.1 Å². The first kappa shape index (κ1) is 17.7. The standard InChI is InChI=1S/C22H23N3O/c1-14-5-7-18(11-16(14)3)22(26)25-20-9-10-21(23-13-20)24-19-8-6-15(2)17(4)12-19/h5-13H,1-4H3,(H,23,24)(H,25,26). The molecule has 1 heterocycles. The summed E-state index contributed by atoms with van der Waals surface area (Å²) in [6, 6.07) is 15.6. The molecule has 0 aliphatic carbocycles. The van der Waals surface area contributed by atoms with Gasteiger partial charge in [0, 0.05) is 11.3 Å². The predicted octanol–water partition coefficient (Wildman–Crippen LogP) is 5.31. The first-order chi connectivity index (χ1) is 12.4. The van der Waals surface area contributed by atoms with Crippen molar-refractivity contribution in [3.05, 3.63) is 82.5 Å². The van der Waals surface area contributed by atoms with Crippen molar-refractivity contribution in [1.29, 1.82) is 0 Å². The second-order valence-electron chi connectivity index (χ2n) is 6.61. The van der Waals surface area contributed by atoms with Gasteiger partial charge in [0.15, 0.2) is 0 Å². The lowest BCUT2D eigenvalue weighted by Crippen LogP contribution is -2.12. The average molecular weight is 345 g/mol. The molecule has 2 aromatic carbocycles. The number of carbonyl (C=O) groups excluding carboxylic acids is 1. The molecule has 1 amide bonds. The highest BCUT2D eigenvalue weighted by atomic mass is 16.1. The Morgan fingerprint density at radius 2 is 1.42 bits per heavy atom. The van der Waals surface area contributed by atoms with Gasteiger partial charge in [-0.1, -0.05) is 12.1 Å². The number of rotatable bonds is 4. The minimum absolute atomic E-state index is 0.134. The smallest absolute Gasteiger partial charge is 0.255 e. The number of nitrogens with zero attached hydrogens (tertiary/aromatic N) is 1. The molecule has 0 saturated heterocycles. The highest BCUT2D eigenvalue weighted by Crippen LogP contribution is 2.19. The Bertz CT molecular complexity index is 946. The lowest BCUT2D eigenvalue weighted by Gasteiger charge is -2.10. The van der Waals surface area contributed by atoms with E-state index in [1.165, 1.54) is 16.7 Å². The van der Waals surface area contributed by atoms with Gasteiger partial charge in [-0.2, -0.15) is 0 Å². The Hall–Kier alpha value is -3.14. The number of hydrogen-bond acceptors (Lipinski definition) is 3. The van der Waals surface area contributed by atoms with Crippen LogP contribution in [0.25, 0.3) is 0 Å². The second kappa shape index (κ2) is 7.40. The van der Waals surface area contributed by atoms with E-state index in [4.69, 9.17) is 0 Å². The number of amides is 1. The maximum Gasteiger partial charge on any atom is 0.255 e. The second-order valence-corrected chi connectivity index (χ2v) is 6.61. The zero-order valence-electron chi connectivity index (χ0n) is 15.6. The van der Waals surface area contributed by atoms with E-state index in [1.807, 2.05) is 50.2 Å². The van der Waals surface area contributed by atoms with Gasteiger partial charge in [0.1, 0.15) is 5.82 Å². The maximum absolute atomic E-state index is 12.4. The summed E-state index contributed by atoms with van der Waals surface area (Å²) in [6.45, 7) is 8.20. The molecular formula is C22H23N3O. The third-order valence-electron chi connectivity index (χ3n) is 4.57. The molecule has 0 atom stereocenters. The zero-order valence-corrected chi connectivity index (χ0v) is 15.6. The fourth-order valence-electron chi connectivity index (χ4n) is 2.59. The van der Waals surface area contributed by atoms with Crippen LogP contribution >= 0.6 is 0 Å². The van der Waals surface area contributed by atoms with Crippen molar-refractivity contribution >= 4 is 23.1 Å². The van der Waals surface area contributed by atoms with Crippen LogP contribution in [0, 0.1) is 27.7 Å². The van der Waals surface area contributed by atoms with E-state index in [2.05, 4.69) is 41.6 Å². The highest BCUT2D eigenvalue weighted by molar-refractivity contribution is 6.04. The van der Waals surface area contributed by atoms with Gasteiger partial charge in [0.2, 0.25) is 0 Å². The Morgan fingerprint density at radius 3 is 2.04 bits per heavy atom. The average Bonchev–Trinajstić information content (AvgIpc) is 2.62. The number of nitrogens with one attached hydrogen (secondary N) is 2. The van der Waals surface area contributed by atoms with E-state index in [0.29, 0.717) is 11.3 Å². The van der Waals surface area contributed by atoms with Gasteiger partial charge in [-0.15, -0.1) is 0 Å². The summed E-state index contributed by atoms with van der Waals surface area (Å²) < 4.78 is 0. The summed E-state index contributed by atoms with van der Waals surface area (Å²) in [7, 11) is 0. The predicted molar refractivity (Wildman–Crippen MR) is 107 cm³/mol. The molecule has 4 heteroatoms. The van der Waals surface area contributed by atoms with Gasteiger partial charge < -0.3 is 10.6 Å². The molecule has 132 valence electrons. The van der Waals surface area contributed by atoms with E-state index in [1.54, 1.807) is 6.20 Å². The Kier molecular flexibility index (Phi) is 5.03. The van der Waals surface area contributed by atoms with E-state index < -0.39 is 0 Å². The molecule has 1 aromatic heterocycles. The lowest BCUT2D eigenvalue weighted by atomic mass is 10.1. The van der Waals surface area contributed by atoms with E-state index in [-0.39, 0.29) is 5.91 Å². The first-order valence-electron chi connectivity index (χ1n) is 8.61. The van der Waals surface area contributed by atoms with Crippen molar-refractivity contribution < 1.29 is 4.79 Å². The summed E-state index contributed by atoms with van der Waals surface area (Å²) in [4.78, 5) is 16.7. The molecule has 26 heavy (non-hydrogen) atoms. The Morgan fingerprint density at radius 1 is 0.769 bits per heavy atom. The normalized spacial score (nSPS) is 10.5. The first-order valence-corrected chi connectivity index (χ1v) is 8.61. The summed E-state index contributed by atoms with van der Waals surface area (Å²) in [5.74, 6) is 0.599. The Balaban J connectivity index is 1.68. The van der Waals surface area contributed by atoms with Gasteiger partial charge in [0.25, 0.3) is 5.91 Å². The monoisotopic (exact) mass is 345 g/mol. The van der Waals surface area contributed by atoms with Crippen molar-refractivity contribution in [3.63, 3.8) is 0 Å². The van der Waals surface area contributed by atoms with E-state index >= 15 is 0 Å². The van der Waals surface area contributed by atoms with Crippen molar-refractivity contribution in [3.8, 4) is 0 Å². The Labute approximate surface area is 154 Å². The van der Waals surface area contributed by atoms with Crippen LogP contribution in [0.4, 0.5) is 17.2 Å². The molecule has 0 radical (unpaired) electrons. The molecule has 0 unspecified atom stereocenters. The van der Waals surface area contributed by atoms with Gasteiger partial charge >= 0.3 is 0 Å². The summed E-state index contributed by atoms with van der Waals surface area (Å²) in [5.41, 5.74) is 7.06. The number of benzene rings is 2. The third-order valence-corrected chi connectivity index (χ3v) is 4.57. The quantitative estimate of drug-likeness (QED) is 0.673. The van der Waals surface area contributed by atoms with Gasteiger partial charge in [-0.25, -0.2) is 4.98 Å². The van der Waals surface area contributed by atoms with E-state index in [9.17, 15) is 4.79 Å². The van der Waals surface area contributed by atoms with Crippen LogP contribution < -0.4 is 10.6 Å². The van der Waals surface area contributed by atoms with Crippen LogP contribution in [0.15, 0.2) is 54.7 Å². The molecule has 0 fully saturated rings. The van der Waals surface area contributed by atoms with Crippen molar-refractivity contribution in [2.24, 2.45) is 0 Å². The summed E-state index contributed by atoms with van der Waals surface area (Å²) in [6.07, 6.45) is 1.66. The third kappa shape index (κ3) is 4.09. The fourth-order valence-corrected chi connectivity index (χ4v) is 2.59. The molecule has 4 nitrogen and oxygen atoms in total. The zero-order chi connectivity index (χ0) is 18.7. The van der Waals surface area contributed by atoms with Gasteiger partial charge in [-0.05, 0) is 86.3 Å². The van der Waals surface area contributed by atoms with Gasteiger partial charge in [-0.3, -0.25) is 4.79 Å². The largest absolute Gasteiger partial charge is 0.340 e. The van der Waals surface area contributed by atoms with Crippen LogP contribution in [0.3, 0.4) is 0 Å². The molecule has 0 aliphatic heterocycles. The van der Waals surface area contributed by atoms with Crippen molar-refractivity contribution in [2.45, 2.75) is 27.7 Å². The van der Waals surface area contributed by atoms with Crippen LogP contribution in [0.1, 0.15) is 32.6 Å². The fraction of sp³-hybridized carbons (Fsp3) is 0.182. The molecule has 0 spiro atoms. The molecule has 0 saturated carbocycles. The topological polar surface area (TPSA) is 54.0 Å². The number of aryl methyl sites for hydroxylation is 4. The molecule has 0 bridgehead atoms. The van der Waals surface area contributed by atoms with Crippen LogP contribution in [-0.4, -0.2) is 10.9 Å². The minimum Gasteiger partial charge on any atom is -0.340 e. The number of aromatic nitrogens is 1. The number of anilines is 3. The summed E-state index contributed by atoms with van der Waals surface area (Å²) in [5, 5.41) is 6.16. The minimum atomic E-state index is -0.134.